The predicted octanol–water partition coefficient (Wildman–Crippen LogP) is 5.99. The highest BCUT2D eigenvalue weighted by Crippen LogP contribution is 2.32. The molecule has 0 amide bonds. The van der Waals surface area contributed by atoms with Crippen molar-refractivity contribution in [1.82, 2.24) is 4.98 Å². The molecule has 2 aromatic carbocycles. The van der Waals surface area contributed by atoms with Crippen LogP contribution in [-0.4, -0.2) is 11.5 Å². The minimum absolute atomic E-state index is 0.774. The normalized spacial score (nSPS) is 14.5. The van der Waals surface area contributed by atoms with Crippen LogP contribution in [0.1, 0.15) is 24.0 Å². The molecule has 0 fully saturated rings. The lowest BCUT2D eigenvalue weighted by Gasteiger charge is -2.26. The summed E-state index contributed by atoms with van der Waals surface area (Å²) in [7, 11) is 0. The fraction of sp³-hybridized carbons (Fsp3) is 0.250. The van der Waals surface area contributed by atoms with Crippen LogP contribution in [0.4, 0.5) is 5.69 Å². The topological polar surface area (TPSA) is 16.1 Å². The number of aromatic nitrogens is 1. The molecule has 0 aliphatic carbocycles. The number of nitrogens with zero attached hydrogens (tertiary/aromatic N) is 2. The van der Waals surface area contributed by atoms with Crippen molar-refractivity contribution in [2.24, 2.45) is 0 Å². The molecule has 1 aliphatic rings. The molecule has 122 valence electrons. The van der Waals surface area contributed by atoms with Gasteiger partial charge in [0.1, 0.15) is 0 Å². The Morgan fingerprint density at radius 3 is 2.96 bits per heavy atom. The largest absolute Gasteiger partial charge is 0.367 e. The molecule has 0 atom stereocenters. The highest BCUT2D eigenvalue weighted by atomic mass is 79.9. The van der Waals surface area contributed by atoms with Gasteiger partial charge in [0.15, 0.2) is 0 Å². The SMILES string of the molecule is Clc1cc(CN2CCCCc3cc(Br)ccc32)c2ncccc2c1. The van der Waals surface area contributed by atoms with Crippen molar-refractivity contribution in [3.05, 3.63) is 69.3 Å². The van der Waals surface area contributed by atoms with E-state index in [2.05, 4.69) is 56.1 Å². The monoisotopic (exact) mass is 400 g/mol. The third-order valence-corrected chi connectivity index (χ3v) is 5.33. The van der Waals surface area contributed by atoms with Gasteiger partial charge in [-0.2, -0.15) is 0 Å². The first-order valence-corrected chi connectivity index (χ1v) is 9.44. The molecule has 0 saturated heterocycles. The molecule has 1 aliphatic heterocycles. The molecule has 0 saturated carbocycles. The first kappa shape index (κ1) is 15.9. The summed E-state index contributed by atoms with van der Waals surface area (Å²) in [4.78, 5) is 7.06. The molecule has 4 heteroatoms. The van der Waals surface area contributed by atoms with Crippen molar-refractivity contribution < 1.29 is 0 Å². The van der Waals surface area contributed by atoms with E-state index in [-0.39, 0.29) is 0 Å². The van der Waals surface area contributed by atoms with Gasteiger partial charge in [0.25, 0.3) is 0 Å². The average molecular weight is 402 g/mol. The van der Waals surface area contributed by atoms with Crippen LogP contribution in [0.15, 0.2) is 53.1 Å². The van der Waals surface area contributed by atoms with Crippen LogP contribution in [0.25, 0.3) is 10.9 Å². The average Bonchev–Trinajstić information content (AvgIpc) is 2.76. The number of benzene rings is 2. The number of hydrogen-bond acceptors (Lipinski definition) is 2. The van der Waals surface area contributed by atoms with Gasteiger partial charge in [-0.3, -0.25) is 4.98 Å². The van der Waals surface area contributed by atoms with Crippen molar-refractivity contribution in [3.63, 3.8) is 0 Å². The first-order chi connectivity index (χ1) is 11.7. The van der Waals surface area contributed by atoms with Gasteiger partial charge in [0, 0.05) is 39.9 Å². The number of fused-ring (bicyclic) bond motifs is 2. The minimum atomic E-state index is 0.774. The Balaban J connectivity index is 1.76. The highest BCUT2D eigenvalue weighted by Gasteiger charge is 2.17. The molecule has 0 spiro atoms. The predicted molar refractivity (Wildman–Crippen MR) is 105 cm³/mol. The lowest BCUT2D eigenvalue weighted by atomic mass is 10.1. The summed E-state index contributed by atoms with van der Waals surface area (Å²) in [5.41, 5.74) is 4.99. The Morgan fingerprint density at radius 1 is 1.12 bits per heavy atom. The van der Waals surface area contributed by atoms with Crippen molar-refractivity contribution in [3.8, 4) is 0 Å². The Hall–Kier alpha value is -1.58. The number of aryl methyl sites for hydroxylation is 1. The molecule has 24 heavy (non-hydrogen) atoms. The molecule has 0 radical (unpaired) electrons. The van der Waals surface area contributed by atoms with Gasteiger partial charge in [-0.25, -0.2) is 0 Å². The van der Waals surface area contributed by atoms with E-state index in [0.717, 1.165) is 39.9 Å². The summed E-state index contributed by atoms with van der Waals surface area (Å²) in [5, 5.41) is 1.88. The summed E-state index contributed by atoms with van der Waals surface area (Å²) in [5.74, 6) is 0. The van der Waals surface area contributed by atoms with E-state index in [1.807, 2.05) is 18.3 Å². The summed E-state index contributed by atoms with van der Waals surface area (Å²) >= 11 is 9.94. The molecule has 0 bridgehead atoms. The van der Waals surface area contributed by atoms with Gasteiger partial charge in [-0.15, -0.1) is 0 Å². The quantitative estimate of drug-likeness (QED) is 0.524. The number of rotatable bonds is 2. The van der Waals surface area contributed by atoms with Crippen molar-refractivity contribution in [2.75, 3.05) is 11.4 Å². The van der Waals surface area contributed by atoms with E-state index >= 15 is 0 Å². The first-order valence-electron chi connectivity index (χ1n) is 8.27. The van der Waals surface area contributed by atoms with Crippen molar-refractivity contribution >= 4 is 44.1 Å². The Labute approximate surface area is 155 Å². The Morgan fingerprint density at radius 2 is 2.04 bits per heavy atom. The van der Waals surface area contributed by atoms with Crippen LogP contribution in [0.5, 0.6) is 0 Å². The van der Waals surface area contributed by atoms with E-state index in [1.54, 1.807) is 0 Å². The lowest BCUT2D eigenvalue weighted by Crippen LogP contribution is -2.23. The third-order valence-electron chi connectivity index (χ3n) is 4.62. The molecule has 4 rings (SSSR count). The van der Waals surface area contributed by atoms with Gasteiger partial charge in [-0.1, -0.05) is 33.6 Å². The summed E-state index contributed by atoms with van der Waals surface area (Å²) in [6, 6.07) is 14.7. The molecule has 1 aromatic heterocycles. The van der Waals surface area contributed by atoms with E-state index in [1.165, 1.54) is 29.7 Å². The third kappa shape index (κ3) is 3.15. The fourth-order valence-electron chi connectivity index (χ4n) is 3.52. The number of pyridine rings is 1. The second kappa shape index (κ2) is 6.73. The van der Waals surface area contributed by atoms with Gasteiger partial charge in [-0.05, 0) is 66.8 Å². The van der Waals surface area contributed by atoms with Crippen molar-refractivity contribution in [1.29, 1.82) is 0 Å². The molecule has 2 heterocycles. The highest BCUT2D eigenvalue weighted by molar-refractivity contribution is 9.10. The zero-order valence-corrected chi connectivity index (χ0v) is 15.6. The number of anilines is 1. The summed E-state index contributed by atoms with van der Waals surface area (Å²) in [6.45, 7) is 1.90. The van der Waals surface area contributed by atoms with E-state index in [9.17, 15) is 0 Å². The van der Waals surface area contributed by atoms with Crippen LogP contribution < -0.4 is 4.90 Å². The maximum atomic E-state index is 6.34. The van der Waals surface area contributed by atoms with Gasteiger partial charge >= 0.3 is 0 Å². The van der Waals surface area contributed by atoms with Crippen molar-refractivity contribution in [2.45, 2.75) is 25.8 Å². The second-order valence-corrected chi connectivity index (χ2v) is 7.64. The molecular weight excluding hydrogens is 384 g/mol. The zero-order chi connectivity index (χ0) is 16.5. The maximum absolute atomic E-state index is 6.34. The summed E-state index contributed by atoms with van der Waals surface area (Å²) < 4.78 is 1.15. The molecule has 3 aromatic rings. The van der Waals surface area contributed by atoms with E-state index < -0.39 is 0 Å². The van der Waals surface area contributed by atoms with Crippen LogP contribution >= 0.6 is 27.5 Å². The molecule has 2 nitrogen and oxygen atoms in total. The van der Waals surface area contributed by atoms with E-state index in [4.69, 9.17) is 11.6 Å². The molecule has 0 N–H and O–H groups in total. The van der Waals surface area contributed by atoms with Crippen LogP contribution in [-0.2, 0) is 13.0 Å². The zero-order valence-electron chi connectivity index (χ0n) is 13.3. The lowest BCUT2D eigenvalue weighted by molar-refractivity contribution is 0.715. The standard InChI is InChI=1S/C20H18BrClN2/c21-17-6-7-19-14(10-17)4-1-2-9-24(19)13-16-12-18(22)11-15-5-3-8-23-20(15)16/h3,5-8,10-12H,1-2,4,9,13H2. The van der Waals surface area contributed by atoms with Crippen LogP contribution in [0.3, 0.4) is 0 Å². The van der Waals surface area contributed by atoms with Gasteiger partial charge in [0.2, 0.25) is 0 Å². The van der Waals surface area contributed by atoms with Crippen LogP contribution in [0.2, 0.25) is 5.02 Å². The van der Waals surface area contributed by atoms with Crippen LogP contribution in [0, 0.1) is 0 Å². The Kier molecular flexibility index (Phi) is 4.47. The van der Waals surface area contributed by atoms with E-state index in [0.29, 0.717) is 0 Å². The number of hydrogen-bond donors (Lipinski definition) is 0. The molecular formula is C20H18BrClN2. The summed E-state index contributed by atoms with van der Waals surface area (Å²) in [6.07, 6.45) is 5.43. The maximum Gasteiger partial charge on any atom is 0.0752 e. The second-order valence-electron chi connectivity index (χ2n) is 6.29. The molecule has 0 unspecified atom stereocenters. The van der Waals surface area contributed by atoms with Gasteiger partial charge in [0.05, 0.1) is 5.52 Å². The number of halogens is 2. The Bertz CT molecular complexity index is 894. The van der Waals surface area contributed by atoms with Gasteiger partial charge < -0.3 is 4.90 Å². The minimum Gasteiger partial charge on any atom is -0.367 e. The smallest absolute Gasteiger partial charge is 0.0752 e. The fourth-order valence-corrected chi connectivity index (χ4v) is 4.18.